The van der Waals surface area contributed by atoms with Crippen LogP contribution in [0.2, 0.25) is 0 Å². The van der Waals surface area contributed by atoms with Crippen LogP contribution in [-0.4, -0.2) is 64.4 Å². The molecule has 0 atom stereocenters. The van der Waals surface area contributed by atoms with Gasteiger partial charge in [0, 0.05) is 38.9 Å². The first-order chi connectivity index (χ1) is 13.5. The van der Waals surface area contributed by atoms with E-state index in [9.17, 15) is 19.7 Å². The predicted octanol–water partition coefficient (Wildman–Crippen LogP) is 0.641. The molecule has 0 radical (unpaired) electrons. The second kappa shape index (κ2) is 8.79. The summed E-state index contributed by atoms with van der Waals surface area (Å²) in [7, 11) is 0. The number of nitrogens with one attached hydrogen (secondary N) is 1. The van der Waals surface area contributed by atoms with Crippen molar-refractivity contribution in [1.29, 1.82) is 0 Å². The van der Waals surface area contributed by atoms with Crippen LogP contribution in [-0.2, 0) is 4.79 Å². The number of amides is 1. The zero-order valence-electron chi connectivity index (χ0n) is 15.8. The first-order valence-electron chi connectivity index (χ1n) is 9.41. The molecule has 1 saturated heterocycles. The Bertz CT molecular complexity index is 920. The molecule has 150 valence electrons. The molecule has 1 aliphatic heterocycles. The summed E-state index contributed by atoms with van der Waals surface area (Å²) >= 11 is 0. The molecular formula is C18H24N6O4. The van der Waals surface area contributed by atoms with Gasteiger partial charge in [0.05, 0.1) is 11.5 Å². The van der Waals surface area contributed by atoms with Gasteiger partial charge in [0.15, 0.2) is 0 Å². The van der Waals surface area contributed by atoms with E-state index in [0.29, 0.717) is 44.9 Å². The summed E-state index contributed by atoms with van der Waals surface area (Å²) in [6.07, 6.45) is 3.44. The Morgan fingerprint density at radius 3 is 2.71 bits per heavy atom. The van der Waals surface area contributed by atoms with E-state index in [4.69, 9.17) is 0 Å². The lowest BCUT2D eigenvalue weighted by atomic mass is 10.3. The number of unbranched alkanes of at least 4 members (excludes halogenated alkanes) is 1. The number of carbonyl (C=O) groups excluding carboxylic acids is 1. The SMILES string of the molecule is CCCCNC(=O)CN1CCN(c2nc3ccccn3c(=O)c2[N+](=O)[O-])CC1. The molecule has 3 heterocycles. The highest BCUT2D eigenvalue weighted by Gasteiger charge is 2.30. The first-order valence-corrected chi connectivity index (χ1v) is 9.41. The number of rotatable bonds is 7. The third-order valence-electron chi connectivity index (χ3n) is 4.77. The largest absolute Gasteiger partial charge is 0.376 e. The first kappa shape index (κ1) is 19.7. The number of piperazine rings is 1. The second-order valence-electron chi connectivity index (χ2n) is 6.74. The highest BCUT2D eigenvalue weighted by molar-refractivity contribution is 5.78. The van der Waals surface area contributed by atoms with Crippen LogP contribution < -0.4 is 15.8 Å². The van der Waals surface area contributed by atoms with Crippen molar-refractivity contribution in [2.45, 2.75) is 19.8 Å². The van der Waals surface area contributed by atoms with Crippen LogP contribution in [0, 0.1) is 10.1 Å². The molecule has 10 nitrogen and oxygen atoms in total. The van der Waals surface area contributed by atoms with E-state index in [1.54, 1.807) is 23.1 Å². The van der Waals surface area contributed by atoms with Crippen LogP contribution in [0.3, 0.4) is 0 Å². The van der Waals surface area contributed by atoms with Gasteiger partial charge < -0.3 is 10.2 Å². The Hall–Kier alpha value is -3.01. The summed E-state index contributed by atoms with van der Waals surface area (Å²) in [6.45, 7) is 5.08. The lowest BCUT2D eigenvalue weighted by molar-refractivity contribution is -0.385. The van der Waals surface area contributed by atoms with E-state index in [0.717, 1.165) is 12.8 Å². The minimum Gasteiger partial charge on any atom is -0.355 e. The number of nitrogens with zero attached hydrogens (tertiary/aromatic N) is 5. The fraction of sp³-hybridized carbons (Fsp3) is 0.500. The van der Waals surface area contributed by atoms with Crippen molar-refractivity contribution >= 4 is 23.1 Å². The average molecular weight is 388 g/mol. The van der Waals surface area contributed by atoms with Crippen LogP contribution in [0.1, 0.15) is 19.8 Å². The number of fused-ring (bicyclic) bond motifs is 1. The monoisotopic (exact) mass is 388 g/mol. The van der Waals surface area contributed by atoms with Crippen molar-refractivity contribution in [3.63, 3.8) is 0 Å². The molecule has 0 saturated carbocycles. The van der Waals surface area contributed by atoms with Gasteiger partial charge in [-0.1, -0.05) is 19.4 Å². The molecule has 3 rings (SSSR count). The lowest BCUT2D eigenvalue weighted by Crippen LogP contribution is -2.50. The summed E-state index contributed by atoms with van der Waals surface area (Å²) < 4.78 is 1.18. The molecule has 2 aromatic heterocycles. The standard InChI is InChI=1S/C18H24N6O4/c1-2-3-7-19-15(25)13-21-9-11-22(12-10-21)17-16(24(27)28)18(26)23-8-5-4-6-14(23)20-17/h4-6,8H,2-3,7,9-13H2,1H3,(H,19,25). The van der Waals surface area contributed by atoms with Crippen molar-refractivity contribution in [3.05, 3.63) is 44.9 Å². The third kappa shape index (κ3) is 4.28. The number of pyridine rings is 1. The molecule has 0 aromatic carbocycles. The van der Waals surface area contributed by atoms with Crippen molar-refractivity contribution in [2.75, 3.05) is 44.2 Å². The smallest absolute Gasteiger partial charge is 0.355 e. The molecule has 0 bridgehead atoms. The highest BCUT2D eigenvalue weighted by Crippen LogP contribution is 2.23. The molecule has 0 spiro atoms. The maximum absolute atomic E-state index is 12.6. The van der Waals surface area contributed by atoms with Gasteiger partial charge in [0.1, 0.15) is 5.65 Å². The average Bonchev–Trinajstić information content (AvgIpc) is 2.68. The zero-order valence-corrected chi connectivity index (χ0v) is 15.8. The fourth-order valence-corrected chi connectivity index (χ4v) is 3.23. The normalized spacial score (nSPS) is 15.0. The number of nitro groups is 1. The predicted molar refractivity (Wildman–Crippen MR) is 105 cm³/mol. The molecule has 28 heavy (non-hydrogen) atoms. The van der Waals surface area contributed by atoms with Crippen LogP contribution in [0.15, 0.2) is 29.2 Å². The molecule has 0 aliphatic carbocycles. The third-order valence-corrected chi connectivity index (χ3v) is 4.77. The molecule has 2 aromatic rings. The van der Waals surface area contributed by atoms with Gasteiger partial charge in [-0.15, -0.1) is 0 Å². The summed E-state index contributed by atoms with van der Waals surface area (Å²) in [6, 6.07) is 5.00. The van der Waals surface area contributed by atoms with Crippen molar-refractivity contribution in [2.24, 2.45) is 0 Å². The number of anilines is 1. The molecule has 1 aliphatic rings. The molecular weight excluding hydrogens is 364 g/mol. The Morgan fingerprint density at radius 2 is 2.04 bits per heavy atom. The van der Waals surface area contributed by atoms with E-state index >= 15 is 0 Å². The molecule has 0 unspecified atom stereocenters. The maximum atomic E-state index is 12.6. The molecule has 1 N–H and O–H groups in total. The Balaban J connectivity index is 1.73. The highest BCUT2D eigenvalue weighted by atomic mass is 16.6. The minimum atomic E-state index is -0.691. The second-order valence-corrected chi connectivity index (χ2v) is 6.74. The molecule has 10 heteroatoms. The van der Waals surface area contributed by atoms with Gasteiger partial charge in [0.2, 0.25) is 11.7 Å². The summed E-state index contributed by atoms with van der Waals surface area (Å²) in [5, 5.41) is 14.4. The van der Waals surface area contributed by atoms with Crippen LogP contribution in [0.25, 0.3) is 5.65 Å². The van der Waals surface area contributed by atoms with Gasteiger partial charge in [-0.2, -0.15) is 0 Å². The number of hydrogen-bond acceptors (Lipinski definition) is 7. The Morgan fingerprint density at radius 1 is 1.29 bits per heavy atom. The van der Waals surface area contributed by atoms with E-state index in [2.05, 4.69) is 17.2 Å². The Kier molecular flexibility index (Phi) is 6.19. The minimum absolute atomic E-state index is 0.0186. The van der Waals surface area contributed by atoms with Crippen LogP contribution in [0.4, 0.5) is 11.5 Å². The number of aromatic nitrogens is 2. The van der Waals surface area contributed by atoms with Crippen molar-refractivity contribution < 1.29 is 9.72 Å². The van der Waals surface area contributed by atoms with E-state index < -0.39 is 16.2 Å². The van der Waals surface area contributed by atoms with Gasteiger partial charge in [-0.25, -0.2) is 4.98 Å². The topological polar surface area (TPSA) is 113 Å². The van der Waals surface area contributed by atoms with Crippen molar-refractivity contribution in [3.8, 4) is 0 Å². The van der Waals surface area contributed by atoms with Crippen LogP contribution in [0.5, 0.6) is 0 Å². The van der Waals surface area contributed by atoms with Crippen LogP contribution >= 0.6 is 0 Å². The van der Waals surface area contributed by atoms with Gasteiger partial charge in [-0.05, 0) is 18.6 Å². The van der Waals surface area contributed by atoms with E-state index in [-0.39, 0.29) is 11.7 Å². The summed E-state index contributed by atoms with van der Waals surface area (Å²) in [5.41, 5.74) is -0.844. The lowest BCUT2D eigenvalue weighted by Gasteiger charge is -2.34. The van der Waals surface area contributed by atoms with Gasteiger partial charge in [0.25, 0.3) is 0 Å². The van der Waals surface area contributed by atoms with Gasteiger partial charge >= 0.3 is 11.2 Å². The zero-order chi connectivity index (χ0) is 20.1. The number of hydrogen-bond donors (Lipinski definition) is 1. The Labute approximate surface area is 161 Å². The maximum Gasteiger partial charge on any atom is 0.376 e. The van der Waals surface area contributed by atoms with E-state index in [1.165, 1.54) is 10.6 Å². The quantitative estimate of drug-likeness (QED) is 0.421. The molecule has 1 fully saturated rings. The van der Waals surface area contributed by atoms with Gasteiger partial charge in [-0.3, -0.25) is 29.0 Å². The summed E-state index contributed by atoms with van der Waals surface area (Å²) in [4.78, 5) is 43.5. The summed E-state index contributed by atoms with van der Waals surface area (Å²) in [5.74, 6) is 0.0724. The fourth-order valence-electron chi connectivity index (χ4n) is 3.23. The van der Waals surface area contributed by atoms with E-state index in [1.807, 2.05) is 4.90 Å². The van der Waals surface area contributed by atoms with Crippen molar-refractivity contribution in [1.82, 2.24) is 19.6 Å². The number of carbonyl (C=O) groups is 1. The molecule has 1 amide bonds.